The normalized spacial score (nSPS) is 34.3. The van der Waals surface area contributed by atoms with Crippen LogP contribution in [0.25, 0.3) is 0 Å². The van der Waals surface area contributed by atoms with Gasteiger partial charge in [-0.25, -0.2) is 0 Å². The Morgan fingerprint density at radius 3 is 2.89 bits per heavy atom. The zero-order chi connectivity index (χ0) is 13.1. The minimum atomic E-state index is 0.00266. The standard InChI is InChI=1S/C14H27N3O/c1-4-6-13-15-11(2)14(18)17(13)10-12-7-5-8-16(3)9-12/h11-13,15H,4-10H2,1-3H3. The lowest BCUT2D eigenvalue weighted by Crippen LogP contribution is -2.44. The smallest absolute Gasteiger partial charge is 0.240 e. The minimum Gasteiger partial charge on any atom is -0.325 e. The molecule has 0 aliphatic carbocycles. The zero-order valence-corrected chi connectivity index (χ0v) is 12.0. The minimum absolute atomic E-state index is 0.00266. The third-order valence-corrected chi connectivity index (χ3v) is 4.21. The Balaban J connectivity index is 1.94. The number of piperidine rings is 1. The molecule has 0 aromatic rings. The number of likely N-dealkylation sites (tertiary alicyclic amines) is 1. The van der Waals surface area contributed by atoms with Crippen LogP contribution in [0.15, 0.2) is 0 Å². The zero-order valence-electron chi connectivity index (χ0n) is 12.0. The molecular weight excluding hydrogens is 226 g/mol. The fourth-order valence-electron chi connectivity index (χ4n) is 3.28. The highest BCUT2D eigenvalue weighted by atomic mass is 16.2. The lowest BCUT2D eigenvalue weighted by molar-refractivity contribution is -0.130. The van der Waals surface area contributed by atoms with Crippen molar-refractivity contribution in [2.75, 3.05) is 26.7 Å². The van der Waals surface area contributed by atoms with Crippen molar-refractivity contribution in [3.63, 3.8) is 0 Å². The molecule has 18 heavy (non-hydrogen) atoms. The third kappa shape index (κ3) is 3.04. The van der Waals surface area contributed by atoms with Gasteiger partial charge in [-0.2, -0.15) is 0 Å². The van der Waals surface area contributed by atoms with Crippen LogP contribution in [0, 0.1) is 5.92 Å². The quantitative estimate of drug-likeness (QED) is 0.819. The van der Waals surface area contributed by atoms with Gasteiger partial charge in [-0.3, -0.25) is 10.1 Å². The first-order chi connectivity index (χ1) is 8.61. The first-order valence-electron chi connectivity index (χ1n) is 7.37. The maximum atomic E-state index is 12.2. The van der Waals surface area contributed by atoms with Gasteiger partial charge < -0.3 is 9.80 Å². The van der Waals surface area contributed by atoms with E-state index in [4.69, 9.17) is 0 Å². The molecule has 1 amide bonds. The van der Waals surface area contributed by atoms with E-state index < -0.39 is 0 Å². The molecular formula is C14H27N3O. The number of hydrogen-bond donors (Lipinski definition) is 1. The van der Waals surface area contributed by atoms with Crippen molar-refractivity contribution in [3.8, 4) is 0 Å². The summed E-state index contributed by atoms with van der Waals surface area (Å²) in [5.74, 6) is 0.945. The molecule has 0 spiro atoms. The molecule has 0 aromatic carbocycles. The average Bonchev–Trinajstić information content (AvgIpc) is 2.58. The van der Waals surface area contributed by atoms with Gasteiger partial charge in [-0.15, -0.1) is 0 Å². The molecule has 2 saturated heterocycles. The summed E-state index contributed by atoms with van der Waals surface area (Å²) in [5.41, 5.74) is 0. The van der Waals surface area contributed by atoms with Crippen LogP contribution >= 0.6 is 0 Å². The Hall–Kier alpha value is -0.610. The fourth-order valence-corrected chi connectivity index (χ4v) is 3.28. The SMILES string of the molecule is CCCC1NC(C)C(=O)N1CC1CCCN(C)C1. The Bertz CT molecular complexity index is 295. The molecule has 1 N–H and O–H groups in total. The maximum absolute atomic E-state index is 12.2. The number of carbonyl (C=O) groups is 1. The number of rotatable bonds is 4. The summed E-state index contributed by atoms with van der Waals surface area (Å²) in [6.07, 6.45) is 4.99. The predicted octanol–water partition coefficient (Wildman–Crippen LogP) is 1.27. The summed E-state index contributed by atoms with van der Waals surface area (Å²) in [6.45, 7) is 7.44. The molecule has 2 heterocycles. The predicted molar refractivity (Wildman–Crippen MR) is 73.2 cm³/mol. The van der Waals surface area contributed by atoms with Crippen LogP contribution in [0.2, 0.25) is 0 Å². The van der Waals surface area contributed by atoms with Crippen LogP contribution in [0.3, 0.4) is 0 Å². The highest BCUT2D eigenvalue weighted by Crippen LogP contribution is 2.21. The molecule has 2 aliphatic rings. The Morgan fingerprint density at radius 2 is 2.22 bits per heavy atom. The van der Waals surface area contributed by atoms with E-state index in [1.165, 1.54) is 19.4 Å². The van der Waals surface area contributed by atoms with Gasteiger partial charge in [0.2, 0.25) is 5.91 Å². The summed E-state index contributed by atoms with van der Waals surface area (Å²) in [6, 6.07) is 0.00266. The van der Waals surface area contributed by atoms with Crippen molar-refractivity contribution in [1.29, 1.82) is 0 Å². The van der Waals surface area contributed by atoms with Gasteiger partial charge in [0.05, 0.1) is 12.2 Å². The first-order valence-corrected chi connectivity index (χ1v) is 7.37. The van der Waals surface area contributed by atoms with E-state index in [2.05, 4.69) is 29.1 Å². The number of nitrogens with zero attached hydrogens (tertiary/aromatic N) is 2. The second kappa shape index (κ2) is 6.02. The number of amides is 1. The molecule has 0 radical (unpaired) electrons. The summed E-state index contributed by atoms with van der Waals surface area (Å²) in [5, 5.41) is 3.42. The molecule has 104 valence electrons. The second-order valence-corrected chi connectivity index (χ2v) is 5.95. The van der Waals surface area contributed by atoms with Crippen molar-refractivity contribution in [1.82, 2.24) is 15.1 Å². The number of nitrogens with one attached hydrogen (secondary N) is 1. The fraction of sp³-hybridized carbons (Fsp3) is 0.929. The molecule has 3 atom stereocenters. The van der Waals surface area contributed by atoms with Crippen molar-refractivity contribution in [2.24, 2.45) is 5.92 Å². The van der Waals surface area contributed by atoms with Crippen LogP contribution in [0.1, 0.15) is 39.5 Å². The van der Waals surface area contributed by atoms with E-state index in [1.807, 2.05) is 6.92 Å². The van der Waals surface area contributed by atoms with Crippen molar-refractivity contribution < 1.29 is 4.79 Å². The molecule has 4 nitrogen and oxygen atoms in total. The van der Waals surface area contributed by atoms with E-state index in [0.717, 1.165) is 25.9 Å². The highest BCUT2D eigenvalue weighted by molar-refractivity contribution is 5.83. The van der Waals surface area contributed by atoms with E-state index in [1.54, 1.807) is 0 Å². The van der Waals surface area contributed by atoms with E-state index in [0.29, 0.717) is 11.8 Å². The molecule has 0 saturated carbocycles. The van der Waals surface area contributed by atoms with Crippen LogP contribution in [0.5, 0.6) is 0 Å². The Labute approximate surface area is 111 Å². The highest BCUT2D eigenvalue weighted by Gasteiger charge is 2.36. The number of carbonyl (C=O) groups excluding carboxylic acids is 1. The summed E-state index contributed by atoms with van der Waals surface area (Å²) < 4.78 is 0. The van der Waals surface area contributed by atoms with Crippen molar-refractivity contribution in [2.45, 2.75) is 51.7 Å². The van der Waals surface area contributed by atoms with Gasteiger partial charge >= 0.3 is 0 Å². The van der Waals surface area contributed by atoms with Gasteiger partial charge in [0, 0.05) is 13.1 Å². The van der Waals surface area contributed by atoms with E-state index in [9.17, 15) is 4.79 Å². The first kappa shape index (κ1) is 13.8. The van der Waals surface area contributed by atoms with E-state index in [-0.39, 0.29) is 12.2 Å². The van der Waals surface area contributed by atoms with Crippen molar-refractivity contribution in [3.05, 3.63) is 0 Å². The van der Waals surface area contributed by atoms with E-state index >= 15 is 0 Å². The lowest BCUT2D eigenvalue weighted by atomic mass is 9.97. The second-order valence-electron chi connectivity index (χ2n) is 5.95. The van der Waals surface area contributed by atoms with Crippen molar-refractivity contribution >= 4 is 5.91 Å². The Kier molecular flexibility index (Phi) is 4.62. The van der Waals surface area contributed by atoms with Gasteiger partial charge in [0.15, 0.2) is 0 Å². The summed E-state index contributed by atoms with van der Waals surface area (Å²) in [7, 11) is 2.18. The van der Waals surface area contributed by atoms with Crippen LogP contribution in [-0.2, 0) is 4.79 Å². The third-order valence-electron chi connectivity index (χ3n) is 4.21. The summed E-state index contributed by atoms with van der Waals surface area (Å²) in [4.78, 5) is 16.7. The molecule has 2 rings (SSSR count). The summed E-state index contributed by atoms with van der Waals surface area (Å²) >= 11 is 0. The Morgan fingerprint density at radius 1 is 1.44 bits per heavy atom. The average molecular weight is 253 g/mol. The number of hydrogen-bond acceptors (Lipinski definition) is 3. The largest absolute Gasteiger partial charge is 0.325 e. The lowest BCUT2D eigenvalue weighted by Gasteiger charge is -2.34. The van der Waals surface area contributed by atoms with Crippen LogP contribution < -0.4 is 5.32 Å². The van der Waals surface area contributed by atoms with Crippen LogP contribution in [-0.4, -0.2) is 54.6 Å². The van der Waals surface area contributed by atoms with Crippen LogP contribution in [0.4, 0.5) is 0 Å². The van der Waals surface area contributed by atoms with Gasteiger partial charge in [-0.1, -0.05) is 13.3 Å². The molecule has 4 heteroatoms. The molecule has 2 fully saturated rings. The molecule has 2 aliphatic heterocycles. The maximum Gasteiger partial charge on any atom is 0.240 e. The molecule has 3 unspecified atom stereocenters. The molecule has 0 aromatic heterocycles. The topological polar surface area (TPSA) is 35.6 Å². The monoisotopic (exact) mass is 253 g/mol. The van der Waals surface area contributed by atoms with Gasteiger partial charge in [0.1, 0.15) is 0 Å². The van der Waals surface area contributed by atoms with Gasteiger partial charge in [-0.05, 0) is 45.7 Å². The molecule has 0 bridgehead atoms. The van der Waals surface area contributed by atoms with Gasteiger partial charge in [0.25, 0.3) is 0 Å².